The topological polar surface area (TPSA) is 58.2 Å². The zero-order valence-electron chi connectivity index (χ0n) is 11.2. The summed E-state index contributed by atoms with van der Waals surface area (Å²) in [6, 6.07) is 5.04. The largest absolute Gasteiger partial charge is 0.323 e. The Hall–Kier alpha value is -1.46. The van der Waals surface area contributed by atoms with Crippen molar-refractivity contribution in [2.45, 2.75) is 20.3 Å². The van der Waals surface area contributed by atoms with Gasteiger partial charge in [-0.15, -0.1) is 0 Å². The molecule has 2 amide bonds. The van der Waals surface area contributed by atoms with Crippen LogP contribution in [-0.4, -0.2) is 16.9 Å². The number of carbonyl (C=O) groups is 2. The average Bonchev–Trinajstić information content (AvgIpc) is 2.71. The van der Waals surface area contributed by atoms with Crippen molar-refractivity contribution in [3.63, 3.8) is 0 Å². The van der Waals surface area contributed by atoms with Crippen molar-refractivity contribution >= 4 is 40.2 Å². The van der Waals surface area contributed by atoms with Crippen LogP contribution < -0.4 is 10.6 Å². The van der Waals surface area contributed by atoms with Gasteiger partial charge < -0.3 is 10.6 Å². The molecule has 0 saturated heterocycles. The first-order valence-electron chi connectivity index (χ1n) is 6.24. The number of aryl methyl sites for hydroxylation is 1. The van der Waals surface area contributed by atoms with E-state index in [1.54, 1.807) is 19.1 Å². The maximum Gasteiger partial charge on any atom is 0.323 e. The predicted octanol–water partition coefficient (Wildman–Crippen LogP) is 3.57. The molecule has 0 unspecified atom stereocenters. The summed E-state index contributed by atoms with van der Waals surface area (Å²) in [7, 11) is 0. The summed E-state index contributed by atoms with van der Waals surface area (Å²) in [5.74, 6) is 0.508. The van der Waals surface area contributed by atoms with Crippen LogP contribution in [0.25, 0.3) is 0 Å². The van der Waals surface area contributed by atoms with E-state index < -0.39 is 0 Å². The number of nitrogens with one attached hydrogen (secondary N) is 2. The van der Waals surface area contributed by atoms with Gasteiger partial charge in [-0.2, -0.15) is 0 Å². The maximum atomic E-state index is 11.9. The smallest absolute Gasteiger partial charge is 0.310 e. The summed E-state index contributed by atoms with van der Waals surface area (Å²) < 4.78 is 0. The molecular formula is C14H15ClN2O2S. The number of anilines is 1. The highest BCUT2D eigenvalue weighted by Crippen LogP contribution is 2.24. The molecule has 1 heterocycles. The molecular weight excluding hydrogens is 296 g/mol. The molecule has 6 heteroatoms. The highest BCUT2D eigenvalue weighted by molar-refractivity contribution is 8.14. The Morgan fingerprint density at radius 2 is 2.15 bits per heavy atom. The minimum atomic E-state index is -0.366. The first kappa shape index (κ1) is 14.9. The van der Waals surface area contributed by atoms with Crippen molar-refractivity contribution in [3.8, 4) is 0 Å². The first-order valence-corrected chi connectivity index (χ1v) is 7.61. The van der Waals surface area contributed by atoms with E-state index in [2.05, 4.69) is 10.6 Å². The van der Waals surface area contributed by atoms with Gasteiger partial charge >= 0.3 is 6.03 Å². The van der Waals surface area contributed by atoms with E-state index in [0.717, 1.165) is 12.0 Å². The standard InChI is InChI=1S/C14H15ClN2O2S/c1-3-9-4-5-10(6-11(9)15)16-14(19)17-12-7-20-13(18)8(12)2/h4-6H,3,7H2,1-2H3,(H2,16,17,19). The second-order valence-corrected chi connectivity index (χ2v) is 5.77. The number of hydrogen-bond donors (Lipinski definition) is 2. The molecule has 1 aromatic rings. The number of thioether (sulfide) groups is 1. The van der Waals surface area contributed by atoms with Crippen LogP contribution in [0.3, 0.4) is 0 Å². The Kier molecular flexibility index (Phi) is 4.73. The fraction of sp³-hybridized carbons (Fsp3) is 0.286. The van der Waals surface area contributed by atoms with Gasteiger partial charge in [-0.1, -0.05) is 36.4 Å². The number of rotatable bonds is 3. The molecule has 0 radical (unpaired) electrons. The Bertz CT molecular complexity index is 599. The van der Waals surface area contributed by atoms with Crippen molar-refractivity contribution in [1.82, 2.24) is 5.32 Å². The van der Waals surface area contributed by atoms with Gasteiger partial charge in [0.1, 0.15) is 0 Å². The molecule has 0 aliphatic carbocycles. The van der Waals surface area contributed by atoms with Crippen LogP contribution >= 0.6 is 23.4 Å². The minimum Gasteiger partial charge on any atom is -0.310 e. The Balaban J connectivity index is 2.02. The van der Waals surface area contributed by atoms with Crippen molar-refractivity contribution in [1.29, 1.82) is 0 Å². The fourth-order valence-corrected chi connectivity index (χ4v) is 3.04. The Morgan fingerprint density at radius 3 is 2.70 bits per heavy atom. The van der Waals surface area contributed by atoms with Crippen LogP contribution in [0.15, 0.2) is 29.5 Å². The number of halogens is 1. The highest BCUT2D eigenvalue weighted by atomic mass is 35.5. The summed E-state index contributed by atoms with van der Waals surface area (Å²) in [5, 5.41) is 6.05. The van der Waals surface area contributed by atoms with E-state index in [0.29, 0.717) is 27.7 Å². The molecule has 4 nitrogen and oxygen atoms in total. The lowest BCUT2D eigenvalue weighted by Gasteiger charge is -2.10. The summed E-state index contributed by atoms with van der Waals surface area (Å²) in [6.45, 7) is 3.73. The number of benzene rings is 1. The molecule has 20 heavy (non-hydrogen) atoms. The normalized spacial score (nSPS) is 14.7. The summed E-state index contributed by atoms with van der Waals surface area (Å²) >= 11 is 7.29. The Morgan fingerprint density at radius 1 is 1.40 bits per heavy atom. The van der Waals surface area contributed by atoms with Crippen LogP contribution in [-0.2, 0) is 11.2 Å². The van der Waals surface area contributed by atoms with E-state index in [1.165, 1.54) is 11.8 Å². The third kappa shape index (κ3) is 3.35. The lowest BCUT2D eigenvalue weighted by atomic mass is 10.1. The predicted molar refractivity (Wildman–Crippen MR) is 83.1 cm³/mol. The van der Waals surface area contributed by atoms with Crippen molar-refractivity contribution in [3.05, 3.63) is 40.1 Å². The third-order valence-corrected chi connectivity index (χ3v) is 4.42. The lowest BCUT2D eigenvalue weighted by Crippen LogP contribution is -2.29. The van der Waals surface area contributed by atoms with Crippen molar-refractivity contribution in [2.24, 2.45) is 0 Å². The SMILES string of the molecule is CCc1ccc(NC(=O)NC2=C(C)C(=O)SC2)cc1Cl. The first-order chi connectivity index (χ1) is 9.51. The van der Waals surface area contributed by atoms with Crippen molar-refractivity contribution < 1.29 is 9.59 Å². The molecule has 2 N–H and O–H groups in total. The summed E-state index contributed by atoms with van der Waals surface area (Å²) in [4.78, 5) is 23.2. The fourth-order valence-electron chi connectivity index (χ4n) is 1.82. The quantitative estimate of drug-likeness (QED) is 0.897. The van der Waals surface area contributed by atoms with Crippen LogP contribution in [0.1, 0.15) is 19.4 Å². The molecule has 1 aliphatic heterocycles. The van der Waals surface area contributed by atoms with Gasteiger partial charge in [-0.3, -0.25) is 4.79 Å². The highest BCUT2D eigenvalue weighted by Gasteiger charge is 2.21. The third-order valence-electron chi connectivity index (χ3n) is 3.06. The monoisotopic (exact) mass is 310 g/mol. The number of urea groups is 1. The van der Waals surface area contributed by atoms with Crippen LogP contribution in [0, 0.1) is 0 Å². The lowest BCUT2D eigenvalue weighted by molar-refractivity contribution is -0.107. The van der Waals surface area contributed by atoms with Gasteiger partial charge in [0.25, 0.3) is 0 Å². The van der Waals surface area contributed by atoms with E-state index >= 15 is 0 Å². The molecule has 0 aromatic heterocycles. The molecule has 0 saturated carbocycles. The second-order valence-electron chi connectivity index (χ2n) is 4.42. The van der Waals surface area contributed by atoms with Gasteiger partial charge in [-0.25, -0.2) is 4.79 Å². The zero-order chi connectivity index (χ0) is 14.7. The molecule has 0 bridgehead atoms. The van der Waals surface area contributed by atoms with Crippen LogP contribution in [0.2, 0.25) is 5.02 Å². The number of carbonyl (C=O) groups excluding carboxylic acids is 2. The minimum absolute atomic E-state index is 0.00985. The van der Waals surface area contributed by atoms with Crippen LogP contribution in [0.4, 0.5) is 10.5 Å². The summed E-state index contributed by atoms with van der Waals surface area (Å²) in [6.07, 6.45) is 0.844. The molecule has 1 aromatic carbocycles. The number of hydrogen-bond acceptors (Lipinski definition) is 3. The van der Waals surface area contributed by atoms with E-state index in [-0.39, 0.29) is 11.1 Å². The second kappa shape index (κ2) is 6.33. The van der Waals surface area contributed by atoms with Crippen molar-refractivity contribution in [2.75, 3.05) is 11.1 Å². The Labute approximate surface area is 127 Å². The van der Waals surface area contributed by atoms with E-state index in [1.807, 2.05) is 13.0 Å². The molecule has 106 valence electrons. The zero-order valence-corrected chi connectivity index (χ0v) is 12.8. The molecule has 0 fully saturated rings. The van der Waals surface area contributed by atoms with Gasteiger partial charge in [-0.05, 0) is 31.0 Å². The molecule has 1 aliphatic rings. The molecule has 0 atom stereocenters. The number of amides is 2. The molecule has 2 rings (SSSR count). The average molecular weight is 311 g/mol. The van der Waals surface area contributed by atoms with E-state index in [4.69, 9.17) is 11.6 Å². The molecule has 0 spiro atoms. The van der Waals surface area contributed by atoms with Gasteiger partial charge in [0.15, 0.2) is 0 Å². The summed E-state index contributed by atoms with van der Waals surface area (Å²) in [5.41, 5.74) is 2.92. The van der Waals surface area contributed by atoms with Crippen LogP contribution in [0.5, 0.6) is 0 Å². The van der Waals surface area contributed by atoms with E-state index in [9.17, 15) is 9.59 Å². The van der Waals surface area contributed by atoms with Gasteiger partial charge in [0.2, 0.25) is 5.12 Å². The van der Waals surface area contributed by atoms with Gasteiger partial charge in [0.05, 0.1) is 0 Å². The van der Waals surface area contributed by atoms with Gasteiger partial charge in [0, 0.05) is 27.7 Å². The maximum absolute atomic E-state index is 11.9.